The van der Waals surface area contributed by atoms with Gasteiger partial charge in [-0.3, -0.25) is 4.79 Å². The third kappa shape index (κ3) is 4.06. The van der Waals surface area contributed by atoms with Crippen molar-refractivity contribution in [3.63, 3.8) is 0 Å². The Balaban J connectivity index is 1.65. The van der Waals surface area contributed by atoms with Gasteiger partial charge in [-0.1, -0.05) is 42.5 Å². The second-order valence-electron chi connectivity index (χ2n) is 8.49. The highest BCUT2D eigenvalue weighted by Gasteiger charge is 2.25. The molecule has 1 N–H and O–H groups in total. The number of piperidine rings is 1. The summed E-state index contributed by atoms with van der Waals surface area (Å²) in [7, 11) is 1.67. The Labute approximate surface area is 193 Å². The van der Waals surface area contributed by atoms with Gasteiger partial charge < -0.3 is 15.1 Å². The van der Waals surface area contributed by atoms with Crippen LogP contribution in [0.3, 0.4) is 0 Å². The first-order valence-electron chi connectivity index (χ1n) is 11.5. The molecule has 7 heteroatoms. The van der Waals surface area contributed by atoms with Gasteiger partial charge in [-0.05, 0) is 43.9 Å². The minimum absolute atomic E-state index is 0.120. The summed E-state index contributed by atoms with van der Waals surface area (Å²) in [4.78, 5) is 15.4. The molecule has 0 spiro atoms. The van der Waals surface area contributed by atoms with Crippen LogP contribution in [0.4, 0.5) is 5.69 Å². The van der Waals surface area contributed by atoms with E-state index in [1.54, 1.807) is 17.7 Å². The van der Waals surface area contributed by atoms with E-state index in [-0.39, 0.29) is 5.56 Å². The van der Waals surface area contributed by atoms with Crippen molar-refractivity contribution in [3.8, 4) is 17.0 Å². The number of benzene rings is 2. The van der Waals surface area contributed by atoms with Crippen molar-refractivity contribution in [2.75, 3.05) is 30.5 Å². The molecule has 0 saturated carbocycles. The van der Waals surface area contributed by atoms with E-state index in [1.807, 2.05) is 54.1 Å². The molecule has 33 heavy (non-hydrogen) atoms. The Bertz CT molecular complexity index is 1300. The maximum Gasteiger partial charge on any atom is 0.274 e. The molecule has 0 unspecified atom stereocenters. The van der Waals surface area contributed by atoms with E-state index in [9.17, 15) is 4.79 Å². The molecule has 1 aliphatic rings. The average molecular weight is 444 g/mol. The van der Waals surface area contributed by atoms with Crippen LogP contribution >= 0.6 is 0 Å². The first-order chi connectivity index (χ1) is 16.2. The topological polar surface area (TPSA) is 63.8 Å². The number of hydrogen-bond donors (Lipinski definition) is 1. The molecule has 1 fully saturated rings. The fourth-order valence-electron chi connectivity index (χ4n) is 4.54. The minimum atomic E-state index is -0.120. The van der Waals surface area contributed by atoms with Crippen molar-refractivity contribution in [3.05, 3.63) is 82.3 Å². The summed E-state index contributed by atoms with van der Waals surface area (Å²) in [6.45, 7) is 4.48. The first kappa shape index (κ1) is 21.1. The molecule has 2 aromatic carbocycles. The zero-order valence-corrected chi connectivity index (χ0v) is 19.1. The Morgan fingerprint density at radius 1 is 1.00 bits per heavy atom. The van der Waals surface area contributed by atoms with Crippen molar-refractivity contribution in [1.29, 1.82) is 0 Å². The predicted molar refractivity (Wildman–Crippen MR) is 132 cm³/mol. The lowest BCUT2D eigenvalue weighted by molar-refractivity contribution is 0.414. The van der Waals surface area contributed by atoms with E-state index in [1.165, 1.54) is 6.42 Å². The molecule has 0 bridgehead atoms. The number of rotatable bonds is 6. The smallest absolute Gasteiger partial charge is 0.274 e. The Morgan fingerprint density at radius 2 is 1.73 bits per heavy atom. The van der Waals surface area contributed by atoms with Crippen LogP contribution in [-0.2, 0) is 6.54 Å². The van der Waals surface area contributed by atoms with Gasteiger partial charge in [-0.2, -0.15) is 9.61 Å². The van der Waals surface area contributed by atoms with Gasteiger partial charge in [0.1, 0.15) is 17.1 Å². The summed E-state index contributed by atoms with van der Waals surface area (Å²) >= 11 is 0. The highest BCUT2D eigenvalue weighted by Crippen LogP contribution is 2.35. The standard InChI is InChI=1S/C26H29N5O2/c1-19-17-23(32)31-26(30(19)27-18-20-11-13-22(33-2)14-12-20)25(29-15-7-4-8-16-29)24(28-31)21-9-5-3-6-10-21/h3,5-6,9-14,17,27H,4,7-8,15-16,18H2,1-2H3. The fourth-order valence-corrected chi connectivity index (χ4v) is 4.54. The fraction of sp³-hybridized carbons (Fsp3) is 0.308. The maximum absolute atomic E-state index is 13.0. The third-order valence-electron chi connectivity index (χ3n) is 6.26. The maximum atomic E-state index is 13.0. The van der Waals surface area contributed by atoms with Gasteiger partial charge in [0.05, 0.1) is 13.7 Å². The van der Waals surface area contributed by atoms with Gasteiger partial charge in [-0.15, -0.1) is 0 Å². The second-order valence-corrected chi connectivity index (χ2v) is 8.49. The van der Waals surface area contributed by atoms with E-state index in [4.69, 9.17) is 9.84 Å². The lowest BCUT2D eigenvalue weighted by Crippen LogP contribution is -2.32. The molecule has 0 radical (unpaired) electrons. The second kappa shape index (κ2) is 9.02. The molecule has 0 amide bonds. The van der Waals surface area contributed by atoms with E-state index < -0.39 is 0 Å². The summed E-state index contributed by atoms with van der Waals surface area (Å²) in [5, 5.41) is 4.82. The minimum Gasteiger partial charge on any atom is -0.497 e. The molecule has 1 saturated heterocycles. The molecule has 7 nitrogen and oxygen atoms in total. The summed E-state index contributed by atoms with van der Waals surface area (Å²) in [6.07, 6.45) is 3.51. The number of nitrogens with one attached hydrogen (secondary N) is 1. The Morgan fingerprint density at radius 3 is 2.42 bits per heavy atom. The molecule has 1 aliphatic heterocycles. The monoisotopic (exact) mass is 443 g/mol. The quantitative estimate of drug-likeness (QED) is 0.484. The zero-order valence-electron chi connectivity index (χ0n) is 19.1. The van der Waals surface area contributed by atoms with Crippen LogP contribution in [0.1, 0.15) is 30.5 Å². The van der Waals surface area contributed by atoms with Gasteiger partial charge in [0, 0.05) is 30.4 Å². The lowest BCUT2D eigenvalue weighted by Gasteiger charge is -2.29. The number of aromatic nitrogens is 3. The van der Waals surface area contributed by atoms with Gasteiger partial charge in [-0.25, -0.2) is 4.68 Å². The van der Waals surface area contributed by atoms with E-state index >= 15 is 0 Å². The molecular formula is C26H29N5O2. The lowest BCUT2D eigenvalue weighted by atomic mass is 10.1. The number of hydrogen-bond acceptors (Lipinski definition) is 5. The van der Waals surface area contributed by atoms with Gasteiger partial charge in [0.2, 0.25) is 0 Å². The van der Waals surface area contributed by atoms with Crippen LogP contribution in [0.15, 0.2) is 65.5 Å². The SMILES string of the molecule is COc1ccc(CNn2c(C)cc(=O)n3nc(-c4ccccc4)c(N4CCCCC4)c23)cc1. The average Bonchev–Trinajstić information content (AvgIpc) is 3.26. The Kier molecular flexibility index (Phi) is 5.77. The number of fused-ring (bicyclic) bond motifs is 1. The number of nitrogens with zero attached hydrogens (tertiary/aromatic N) is 4. The molecule has 170 valence electrons. The van der Waals surface area contributed by atoms with Crippen molar-refractivity contribution in [2.24, 2.45) is 0 Å². The summed E-state index contributed by atoms with van der Waals surface area (Å²) in [5.41, 5.74) is 9.04. The van der Waals surface area contributed by atoms with Crippen LogP contribution in [0.25, 0.3) is 16.9 Å². The van der Waals surface area contributed by atoms with Crippen molar-refractivity contribution in [2.45, 2.75) is 32.7 Å². The van der Waals surface area contributed by atoms with E-state index in [2.05, 4.69) is 22.5 Å². The normalized spacial score (nSPS) is 13.9. The predicted octanol–water partition coefficient (Wildman–Crippen LogP) is 4.21. The van der Waals surface area contributed by atoms with Crippen LogP contribution in [0, 0.1) is 6.92 Å². The van der Waals surface area contributed by atoms with Crippen LogP contribution in [0.5, 0.6) is 5.75 Å². The highest BCUT2D eigenvalue weighted by atomic mass is 16.5. The first-order valence-corrected chi connectivity index (χ1v) is 11.5. The van der Waals surface area contributed by atoms with Crippen molar-refractivity contribution >= 4 is 11.3 Å². The number of ether oxygens (including phenoxy) is 1. The third-order valence-corrected chi connectivity index (χ3v) is 6.26. The van der Waals surface area contributed by atoms with Crippen LogP contribution in [0.2, 0.25) is 0 Å². The number of anilines is 1. The molecule has 3 heterocycles. The van der Waals surface area contributed by atoms with Crippen molar-refractivity contribution < 1.29 is 4.74 Å². The molecule has 0 aliphatic carbocycles. The molecule has 0 atom stereocenters. The molecular weight excluding hydrogens is 414 g/mol. The Hall–Kier alpha value is -3.74. The van der Waals surface area contributed by atoms with Gasteiger partial charge in [0.25, 0.3) is 5.56 Å². The van der Waals surface area contributed by atoms with Gasteiger partial charge in [0.15, 0.2) is 5.65 Å². The summed E-state index contributed by atoms with van der Waals surface area (Å²) < 4.78 is 8.82. The van der Waals surface area contributed by atoms with Gasteiger partial charge >= 0.3 is 0 Å². The summed E-state index contributed by atoms with van der Waals surface area (Å²) in [6, 6.07) is 19.8. The molecule has 2 aromatic heterocycles. The highest BCUT2D eigenvalue weighted by molar-refractivity contribution is 5.86. The van der Waals surface area contributed by atoms with Crippen molar-refractivity contribution in [1.82, 2.24) is 14.3 Å². The molecule has 5 rings (SSSR count). The zero-order chi connectivity index (χ0) is 22.8. The largest absolute Gasteiger partial charge is 0.497 e. The molecule has 4 aromatic rings. The van der Waals surface area contributed by atoms with Crippen LogP contribution < -0.4 is 20.6 Å². The number of aryl methyl sites for hydroxylation is 1. The van der Waals surface area contributed by atoms with E-state index in [0.717, 1.165) is 65.5 Å². The summed E-state index contributed by atoms with van der Waals surface area (Å²) in [5.74, 6) is 0.830. The number of methoxy groups -OCH3 is 1. The van der Waals surface area contributed by atoms with Crippen LogP contribution in [-0.4, -0.2) is 34.5 Å². The van der Waals surface area contributed by atoms with E-state index in [0.29, 0.717) is 6.54 Å².